The third-order valence-electron chi connectivity index (χ3n) is 3.58. The quantitative estimate of drug-likeness (QED) is 0.697. The number of aryl methyl sites for hydroxylation is 1. The van der Waals surface area contributed by atoms with Crippen molar-refractivity contribution in [2.45, 2.75) is 25.7 Å². The van der Waals surface area contributed by atoms with E-state index in [1.807, 2.05) is 40.9 Å². The molecule has 3 rings (SSSR count). The topological polar surface area (TPSA) is 37.6 Å². The summed E-state index contributed by atoms with van der Waals surface area (Å²) < 4.78 is 1.99. The lowest BCUT2D eigenvalue weighted by molar-refractivity contribution is -0.122. The fourth-order valence-electron chi connectivity index (χ4n) is 2.51. The number of nitrogens with zero attached hydrogens (tertiary/aromatic N) is 3. The minimum Gasteiger partial charge on any atom is -0.351 e. The summed E-state index contributed by atoms with van der Waals surface area (Å²) in [4.78, 5) is 18.6. The highest BCUT2D eigenvalue weighted by Gasteiger charge is 2.30. The van der Waals surface area contributed by atoms with Crippen LogP contribution in [0.15, 0.2) is 29.0 Å². The Morgan fingerprint density at radius 2 is 2.22 bits per heavy atom. The molecule has 1 fully saturated rings. The Morgan fingerprint density at radius 1 is 1.33 bits per heavy atom. The average molecular weight is 243 g/mol. The van der Waals surface area contributed by atoms with Crippen molar-refractivity contribution in [1.82, 2.24) is 9.47 Å². The van der Waals surface area contributed by atoms with Gasteiger partial charge >= 0.3 is 0 Å². The normalized spacial score (nSPS) is 22.1. The van der Waals surface area contributed by atoms with E-state index < -0.39 is 0 Å². The highest BCUT2D eigenvalue weighted by Crippen LogP contribution is 2.23. The second kappa shape index (κ2) is 4.44. The number of hydrogen-bond acceptors (Lipinski definition) is 2. The standard InChI is InChI=1S/C14H17N3O/c1-16-8-5-6-11(16)10-12-14(18)17-9-4-2-3-7-13(17)15-12/h5-6,8,10H,2-4,7,9H2,1H3. The van der Waals surface area contributed by atoms with E-state index in [2.05, 4.69) is 4.99 Å². The molecule has 0 atom stereocenters. The SMILES string of the molecule is Cn1cccc1C=C1N=C2CCCCCN2C1=O. The highest BCUT2D eigenvalue weighted by atomic mass is 16.2. The Hall–Kier alpha value is -1.84. The maximum Gasteiger partial charge on any atom is 0.277 e. The molecule has 0 bridgehead atoms. The van der Waals surface area contributed by atoms with Gasteiger partial charge < -0.3 is 4.57 Å². The Bertz CT molecular complexity index is 539. The molecule has 18 heavy (non-hydrogen) atoms. The summed E-state index contributed by atoms with van der Waals surface area (Å²) in [5.41, 5.74) is 1.59. The van der Waals surface area contributed by atoms with Crippen LogP contribution in [-0.2, 0) is 11.8 Å². The molecule has 0 aliphatic carbocycles. The molecule has 0 radical (unpaired) electrons. The molecule has 0 spiro atoms. The number of amides is 1. The smallest absolute Gasteiger partial charge is 0.277 e. The number of carbonyl (C=O) groups excluding carboxylic acids is 1. The molecule has 0 aromatic carbocycles. The predicted octanol–water partition coefficient (Wildman–Crippen LogP) is 2.18. The van der Waals surface area contributed by atoms with Crippen LogP contribution in [0.3, 0.4) is 0 Å². The first-order valence-corrected chi connectivity index (χ1v) is 6.48. The Balaban J connectivity index is 1.93. The molecular formula is C14H17N3O. The summed E-state index contributed by atoms with van der Waals surface area (Å²) in [6.07, 6.45) is 8.19. The molecule has 2 aliphatic heterocycles. The van der Waals surface area contributed by atoms with Crippen molar-refractivity contribution in [1.29, 1.82) is 0 Å². The van der Waals surface area contributed by atoms with Gasteiger partial charge in [-0.1, -0.05) is 6.42 Å². The lowest BCUT2D eigenvalue weighted by Gasteiger charge is -2.14. The molecule has 0 unspecified atom stereocenters. The molecule has 4 nitrogen and oxygen atoms in total. The lowest BCUT2D eigenvalue weighted by Crippen LogP contribution is -2.31. The fourth-order valence-corrected chi connectivity index (χ4v) is 2.51. The number of aliphatic imine (C=N–C) groups is 1. The second-order valence-corrected chi connectivity index (χ2v) is 4.87. The zero-order chi connectivity index (χ0) is 12.5. The van der Waals surface area contributed by atoms with E-state index >= 15 is 0 Å². The third kappa shape index (κ3) is 1.88. The molecule has 0 N–H and O–H groups in total. The van der Waals surface area contributed by atoms with E-state index in [1.54, 1.807) is 0 Å². The van der Waals surface area contributed by atoms with E-state index in [0.29, 0.717) is 5.70 Å². The van der Waals surface area contributed by atoms with Gasteiger partial charge in [-0.15, -0.1) is 0 Å². The number of carbonyl (C=O) groups is 1. The number of fused-ring (bicyclic) bond motifs is 1. The summed E-state index contributed by atoms with van der Waals surface area (Å²) in [5, 5.41) is 0. The zero-order valence-electron chi connectivity index (χ0n) is 10.6. The molecule has 1 aromatic rings. The number of amidine groups is 1. The van der Waals surface area contributed by atoms with Gasteiger partial charge in [-0.2, -0.15) is 0 Å². The van der Waals surface area contributed by atoms with Crippen LogP contribution in [-0.4, -0.2) is 27.8 Å². The molecule has 94 valence electrons. The lowest BCUT2D eigenvalue weighted by atomic mass is 10.2. The minimum atomic E-state index is 0.0631. The van der Waals surface area contributed by atoms with Crippen molar-refractivity contribution in [3.63, 3.8) is 0 Å². The van der Waals surface area contributed by atoms with Crippen LogP contribution in [0.2, 0.25) is 0 Å². The van der Waals surface area contributed by atoms with Crippen molar-refractivity contribution in [3.8, 4) is 0 Å². The summed E-state index contributed by atoms with van der Waals surface area (Å²) in [6, 6.07) is 3.96. The first-order valence-electron chi connectivity index (χ1n) is 6.48. The first kappa shape index (κ1) is 11.3. The van der Waals surface area contributed by atoms with Crippen molar-refractivity contribution >= 4 is 17.8 Å². The highest BCUT2D eigenvalue weighted by molar-refractivity contribution is 6.14. The largest absolute Gasteiger partial charge is 0.351 e. The van der Waals surface area contributed by atoms with Crippen molar-refractivity contribution in [2.75, 3.05) is 6.54 Å². The van der Waals surface area contributed by atoms with Crippen LogP contribution < -0.4 is 0 Å². The molecular weight excluding hydrogens is 226 g/mol. The monoisotopic (exact) mass is 243 g/mol. The van der Waals surface area contributed by atoms with E-state index in [1.165, 1.54) is 6.42 Å². The third-order valence-corrected chi connectivity index (χ3v) is 3.58. The first-order chi connectivity index (χ1) is 8.75. The zero-order valence-corrected chi connectivity index (χ0v) is 10.6. The molecule has 4 heteroatoms. The predicted molar refractivity (Wildman–Crippen MR) is 71.0 cm³/mol. The van der Waals surface area contributed by atoms with Gasteiger partial charge in [0.2, 0.25) is 0 Å². The Kier molecular flexibility index (Phi) is 2.78. The van der Waals surface area contributed by atoms with Gasteiger partial charge in [0.25, 0.3) is 5.91 Å². The summed E-state index contributed by atoms with van der Waals surface area (Å²) in [6.45, 7) is 0.822. The maximum atomic E-state index is 12.3. The molecule has 1 amide bonds. The van der Waals surface area contributed by atoms with E-state index in [0.717, 1.165) is 37.3 Å². The number of hydrogen-bond donors (Lipinski definition) is 0. The van der Waals surface area contributed by atoms with Crippen LogP contribution >= 0.6 is 0 Å². The van der Waals surface area contributed by atoms with E-state index in [9.17, 15) is 4.79 Å². The van der Waals surface area contributed by atoms with Crippen LogP contribution in [0.4, 0.5) is 0 Å². The van der Waals surface area contributed by atoms with Crippen LogP contribution in [0.1, 0.15) is 31.4 Å². The molecule has 1 saturated heterocycles. The number of aromatic nitrogens is 1. The Morgan fingerprint density at radius 3 is 3.00 bits per heavy atom. The van der Waals surface area contributed by atoms with Crippen molar-refractivity contribution in [2.24, 2.45) is 12.0 Å². The Labute approximate surface area is 107 Å². The second-order valence-electron chi connectivity index (χ2n) is 4.87. The summed E-state index contributed by atoms with van der Waals surface area (Å²) in [7, 11) is 1.97. The molecule has 0 saturated carbocycles. The van der Waals surface area contributed by atoms with Crippen molar-refractivity contribution < 1.29 is 4.79 Å². The summed E-state index contributed by atoms with van der Waals surface area (Å²) in [5.74, 6) is 1.02. The van der Waals surface area contributed by atoms with Gasteiger partial charge in [0.15, 0.2) is 0 Å². The number of rotatable bonds is 1. The van der Waals surface area contributed by atoms with E-state index in [-0.39, 0.29) is 5.91 Å². The van der Waals surface area contributed by atoms with Gasteiger partial charge in [-0.25, -0.2) is 4.99 Å². The van der Waals surface area contributed by atoms with Crippen LogP contribution in [0.25, 0.3) is 6.08 Å². The van der Waals surface area contributed by atoms with Crippen LogP contribution in [0, 0.1) is 0 Å². The molecule has 1 aromatic heterocycles. The fraction of sp³-hybridized carbons (Fsp3) is 0.429. The van der Waals surface area contributed by atoms with E-state index in [4.69, 9.17) is 0 Å². The van der Waals surface area contributed by atoms with Gasteiger partial charge in [-0.05, 0) is 31.1 Å². The van der Waals surface area contributed by atoms with Crippen LogP contribution in [0.5, 0.6) is 0 Å². The van der Waals surface area contributed by atoms with Gasteiger partial charge in [0, 0.05) is 31.9 Å². The van der Waals surface area contributed by atoms with Gasteiger partial charge in [0.1, 0.15) is 11.5 Å². The van der Waals surface area contributed by atoms with Gasteiger partial charge in [-0.3, -0.25) is 9.69 Å². The van der Waals surface area contributed by atoms with Crippen molar-refractivity contribution in [3.05, 3.63) is 29.7 Å². The molecule has 3 heterocycles. The average Bonchev–Trinajstić information content (AvgIpc) is 2.78. The van der Waals surface area contributed by atoms with Gasteiger partial charge in [0.05, 0.1) is 0 Å². The molecule has 2 aliphatic rings. The summed E-state index contributed by atoms with van der Waals surface area (Å²) >= 11 is 0. The minimum absolute atomic E-state index is 0.0631. The maximum absolute atomic E-state index is 12.3.